The molecule has 0 radical (unpaired) electrons. The van der Waals surface area contributed by atoms with Crippen LogP contribution in [-0.4, -0.2) is 10.4 Å². The standard InChI is InChI=1S/C26H22N2O2/c1-14-11-15(2)25(16(3)12-14)27-20-9-10-21-23-19(13-22(29)28(21)4)17-7-5-6-8-18(17)26(30)24(20)23/h5-13,27H,1-4H3. The third-order valence-electron chi connectivity index (χ3n) is 6.04. The van der Waals surface area contributed by atoms with Gasteiger partial charge >= 0.3 is 0 Å². The highest BCUT2D eigenvalue weighted by atomic mass is 16.1. The van der Waals surface area contributed by atoms with Crippen LogP contribution in [0.25, 0.3) is 22.0 Å². The summed E-state index contributed by atoms with van der Waals surface area (Å²) in [4.78, 5) is 26.2. The molecule has 0 bridgehead atoms. The molecule has 5 rings (SSSR count). The van der Waals surface area contributed by atoms with E-state index in [1.54, 1.807) is 17.7 Å². The van der Waals surface area contributed by atoms with Crippen molar-refractivity contribution in [3.63, 3.8) is 0 Å². The molecule has 30 heavy (non-hydrogen) atoms. The Balaban J connectivity index is 1.85. The summed E-state index contributed by atoms with van der Waals surface area (Å²) >= 11 is 0. The van der Waals surface area contributed by atoms with E-state index >= 15 is 0 Å². The number of rotatable bonds is 2. The molecule has 0 atom stereocenters. The van der Waals surface area contributed by atoms with E-state index in [9.17, 15) is 9.59 Å². The predicted octanol–water partition coefficient (Wildman–Crippen LogP) is 5.42. The SMILES string of the molecule is Cc1cc(C)c(Nc2ccc3c4c(cc(=O)n3C)-c3ccccc3C(=O)c24)c(C)c1. The summed E-state index contributed by atoms with van der Waals surface area (Å²) in [5, 5.41) is 4.35. The van der Waals surface area contributed by atoms with Gasteiger partial charge in [0.25, 0.3) is 5.56 Å². The van der Waals surface area contributed by atoms with Gasteiger partial charge in [0.15, 0.2) is 5.78 Å². The number of nitrogens with one attached hydrogen (secondary N) is 1. The number of carbonyl (C=O) groups excluding carboxylic acids is 1. The van der Waals surface area contributed by atoms with E-state index < -0.39 is 0 Å². The van der Waals surface area contributed by atoms with Crippen LogP contribution in [-0.2, 0) is 7.05 Å². The van der Waals surface area contributed by atoms with Gasteiger partial charge in [-0.15, -0.1) is 0 Å². The predicted molar refractivity (Wildman–Crippen MR) is 122 cm³/mol. The fraction of sp³-hybridized carbons (Fsp3) is 0.154. The van der Waals surface area contributed by atoms with Gasteiger partial charge in [0.2, 0.25) is 0 Å². The van der Waals surface area contributed by atoms with E-state index in [-0.39, 0.29) is 11.3 Å². The lowest BCUT2D eigenvalue weighted by atomic mass is 9.83. The Labute approximate surface area is 174 Å². The molecule has 0 amide bonds. The van der Waals surface area contributed by atoms with Crippen LogP contribution in [0, 0.1) is 20.8 Å². The minimum atomic E-state index is -0.0847. The van der Waals surface area contributed by atoms with Crippen molar-refractivity contribution in [2.75, 3.05) is 5.32 Å². The maximum absolute atomic E-state index is 13.6. The molecule has 148 valence electrons. The molecular formula is C26H22N2O2. The van der Waals surface area contributed by atoms with Crippen molar-refractivity contribution < 1.29 is 4.79 Å². The lowest BCUT2D eigenvalue weighted by molar-refractivity contribution is 0.104. The third kappa shape index (κ3) is 2.53. The Morgan fingerprint density at radius 1 is 0.800 bits per heavy atom. The summed E-state index contributed by atoms with van der Waals surface area (Å²) < 4.78 is 1.61. The van der Waals surface area contributed by atoms with Crippen LogP contribution < -0.4 is 10.9 Å². The first kappa shape index (κ1) is 18.4. The molecule has 3 aromatic carbocycles. The number of pyridine rings is 1. The van der Waals surface area contributed by atoms with E-state index in [0.717, 1.165) is 44.5 Å². The maximum atomic E-state index is 13.6. The lowest BCUT2D eigenvalue weighted by Crippen LogP contribution is -2.21. The molecule has 1 N–H and O–H groups in total. The van der Waals surface area contributed by atoms with Gasteiger partial charge in [0, 0.05) is 29.8 Å². The van der Waals surface area contributed by atoms with Gasteiger partial charge < -0.3 is 9.88 Å². The van der Waals surface area contributed by atoms with Crippen LogP contribution in [0.3, 0.4) is 0 Å². The van der Waals surface area contributed by atoms with Crippen molar-refractivity contribution in [3.8, 4) is 11.1 Å². The zero-order valence-electron chi connectivity index (χ0n) is 17.5. The number of benzene rings is 3. The number of carbonyl (C=O) groups is 1. The molecule has 1 heterocycles. The molecule has 1 aliphatic rings. The summed E-state index contributed by atoms with van der Waals surface area (Å²) in [6.07, 6.45) is 0. The van der Waals surface area contributed by atoms with E-state index in [1.165, 1.54) is 5.56 Å². The van der Waals surface area contributed by atoms with Crippen LogP contribution in [0.4, 0.5) is 11.4 Å². The fourth-order valence-corrected chi connectivity index (χ4v) is 4.67. The normalized spacial score (nSPS) is 12.2. The maximum Gasteiger partial charge on any atom is 0.251 e. The minimum Gasteiger partial charge on any atom is -0.354 e. The van der Waals surface area contributed by atoms with Gasteiger partial charge in [-0.3, -0.25) is 9.59 Å². The Hall–Kier alpha value is -3.66. The number of anilines is 2. The first-order valence-corrected chi connectivity index (χ1v) is 10.0. The monoisotopic (exact) mass is 394 g/mol. The Morgan fingerprint density at radius 2 is 1.47 bits per heavy atom. The third-order valence-corrected chi connectivity index (χ3v) is 6.04. The molecule has 4 nitrogen and oxygen atoms in total. The van der Waals surface area contributed by atoms with Gasteiger partial charge in [0.05, 0.1) is 16.8 Å². The molecule has 4 heteroatoms. The lowest BCUT2D eigenvalue weighted by Gasteiger charge is -2.24. The number of fused-ring (bicyclic) bond motifs is 2. The van der Waals surface area contributed by atoms with Crippen LogP contribution in [0.5, 0.6) is 0 Å². The second-order valence-electron chi connectivity index (χ2n) is 8.11. The van der Waals surface area contributed by atoms with Crippen LogP contribution in [0.2, 0.25) is 0 Å². The smallest absolute Gasteiger partial charge is 0.251 e. The summed E-state index contributed by atoms with van der Waals surface area (Å²) in [5.74, 6) is -0.0210. The number of nitrogens with zero attached hydrogens (tertiary/aromatic N) is 1. The van der Waals surface area contributed by atoms with E-state index in [4.69, 9.17) is 0 Å². The first-order chi connectivity index (χ1) is 14.4. The van der Waals surface area contributed by atoms with Crippen LogP contribution in [0.1, 0.15) is 32.6 Å². The first-order valence-electron chi connectivity index (χ1n) is 10.0. The van der Waals surface area contributed by atoms with Gasteiger partial charge in [-0.2, -0.15) is 0 Å². The van der Waals surface area contributed by atoms with E-state index in [1.807, 2.05) is 36.4 Å². The van der Waals surface area contributed by atoms with Crippen molar-refractivity contribution in [1.82, 2.24) is 4.57 Å². The van der Waals surface area contributed by atoms with Crippen LogP contribution in [0.15, 0.2) is 59.4 Å². The molecule has 4 aromatic rings. The average molecular weight is 394 g/mol. The molecule has 0 unspecified atom stereocenters. The van der Waals surface area contributed by atoms with Crippen molar-refractivity contribution in [1.29, 1.82) is 0 Å². The quantitative estimate of drug-likeness (QED) is 0.435. The van der Waals surface area contributed by atoms with Crippen molar-refractivity contribution in [2.45, 2.75) is 20.8 Å². The summed E-state index contributed by atoms with van der Waals surface area (Å²) in [5.41, 5.74) is 8.80. The zero-order chi connectivity index (χ0) is 21.2. The largest absolute Gasteiger partial charge is 0.354 e. The summed E-state index contributed by atoms with van der Waals surface area (Å²) in [6, 6.07) is 17.3. The molecule has 0 saturated carbocycles. The van der Waals surface area contributed by atoms with Crippen molar-refractivity contribution in [3.05, 3.63) is 92.8 Å². The number of aryl methyl sites for hydroxylation is 4. The summed E-state index contributed by atoms with van der Waals surface area (Å²) in [6.45, 7) is 6.22. The molecule has 0 spiro atoms. The second kappa shape index (κ2) is 6.42. The van der Waals surface area contributed by atoms with E-state index in [2.05, 4.69) is 38.2 Å². The van der Waals surface area contributed by atoms with Gasteiger partial charge in [-0.05, 0) is 55.2 Å². The number of hydrogen-bond acceptors (Lipinski definition) is 3. The molecule has 0 saturated heterocycles. The summed E-state index contributed by atoms with van der Waals surface area (Å²) in [7, 11) is 1.75. The highest BCUT2D eigenvalue weighted by molar-refractivity contribution is 6.28. The fourth-order valence-electron chi connectivity index (χ4n) is 4.67. The minimum absolute atomic E-state index is 0.0210. The second-order valence-corrected chi connectivity index (χ2v) is 8.11. The molecular weight excluding hydrogens is 372 g/mol. The number of aromatic nitrogens is 1. The Morgan fingerprint density at radius 3 is 2.17 bits per heavy atom. The molecule has 1 aromatic heterocycles. The average Bonchev–Trinajstić information content (AvgIpc) is 2.72. The molecule has 0 fully saturated rings. The van der Waals surface area contributed by atoms with E-state index in [0.29, 0.717) is 11.1 Å². The van der Waals surface area contributed by atoms with Gasteiger partial charge in [-0.1, -0.05) is 42.0 Å². The van der Waals surface area contributed by atoms with Crippen LogP contribution >= 0.6 is 0 Å². The highest BCUT2D eigenvalue weighted by Crippen LogP contribution is 2.42. The Bertz CT molecular complexity index is 1420. The Kier molecular flexibility index (Phi) is 3.93. The highest BCUT2D eigenvalue weighted by Gasteiger charge is 2.29. The topological polar surface area (TPSA) is 51.1 Å². The van der Waals surface area contributed by atoms with Crippen molar-refractivity contribution >= 4 is 28.1 Å². The van der Waals surface area contributed by atoms with Crippen molar-refractivity contribution in [2.24, 2.45) is 7.05 Å². The zero-order valence-corrected chi connectivity index (χ0v) is 17.5. The molecule has 1 aliphatic carbocycles. The molecule has 0 aliphatic heterocycles. The number of hydrogen-bond donors (Lipinski definition) is 1. The van der Waals surface area contributed by atoms with Gasteiger partial charge in [0.1, 0.15) is 0 Å². The number of ketones is 1. The van der Waals surface area contributed by atoms with Gasteiger partial charge in [-0.25, -0.2) is 0 Å².